The molecule has 0 aliphatic rings. The van der Waals surface area contributed by atoms with E-state index >= 15 is 0 Å². The summed E-state index contributed by atoms with van der Waals surface area (Å²) in [4.78, 5) is 16.1. The molecule has 2 aromatic carbocycles. The van der Waals surface area contributed by atoms with Crippen molar-refractivity contribution < 1.29 is 22.7 Å². The smallest absolute Gasteiger partial charge is 0.367 e. The number of alkyl halides is 3. The zero-order valence-corrected chi connectivity index (χ0v) is 16.6. The van der Waals surface area contributed by atoms with Crippen LogP contribution >= 0.6 is 0 Å². The number of nitrogens with one attached hydrogen (secondary N) is 2. The van der Waals surface area contributed by atoms with Gasteiger partial charge in [0.05, 0.1) is 13.2 Å². The number of hydrogen-bond donors (Lipinski definition) is 2. The fraction of sp³-hybridized carbons (Fsp3) is 0.286. The average molecular weight is 433 g/mol. The van der Waals surface area contributed by atoms with Crippen LogP contribution < -0.4 is 10.6 Å². The van der Waals surface area contributed by atoms with E-state index in [0.29, 0.717) is 18.7 Å². The van der Waals surface area contributed by atoms with Gasteiger partial charge < -0.3 is 15.4 Å². The van der Waals surface area contributed by atoms with Gasteiger partial charge in [-0.25, -0.2) is 14.5 Å². The first-order chi connectivity index (χ1) is 14.9. The fourth-order valence-electron chi connectivity index (χ4n) is 2.83. The average Bonchev–Trinajstić information content (AvgIpc) is 3.25. The molecule has 0 saturated heterocycles. The van der Waals surface area contributed by atoms with Gasteiger partial charge in [0.1, 0.15) is 19.3 Å². The molecule has 7 nitrogen and oxygen atoms in total. The molecule has 0 atom stereocenters. The van der Waals surface area contributed by atoms with Gasteiger partial charge in [-0.1, -0.05) is 48.5 Å². The number of nitrogens with zero attached hydrogens (tertiary/aromatic N) is 3. The topological polar surface area (TPSA) is 81.1 Å². The summed E-state index contributed by atoms with van der Waals surface area (Å²) in [5.41, 5.74) is 3.44. The van der Waals surface area contributed by atoms with Crippen molar-refractivity contribution in [3.8, 4) is 0 Å². The number of ether oxygens (including phenoxy) is 1. The first-order valence-electron chi connectivity index (χ1n) is 9.52. The van der Waals surface area contributed by atoms with Crippen LogP contribution in [0.1, 0.15) is 22.3 Å². The minimum Gasteiger partial charge on any atom is -0.367 e. The van der Waals surface area contributed by atoms with E-state index in [9.17, 15) is 18.0 Å². The predicted molar refractivity (Wildman–Crippen MR) is 107 cm³/mol. The van der Waals surface area contributed by atoms with Crippen molar-refractivity contribution in [2.45, 2.75) is 32.4 Å². The highest BCUT2D eigenvalue weighted by atomic mass is 19.4. The second-order valence-corrected chi connectivity index (χ2v) is 6.82. The molecular weight excluding hydrogens is 411 g/mol. The number of carbonyl (C=O) groups is 1. The summed E-state index contributed by atoms with van der Waals surface area (Å²) in [5, 5.41) is 9.67. The van der Waals surface area contributed by atoms with E-state index in [0.717, 1.165) is 16.7 Å². The Morgan fingerprint density at radius 1 is 0.968 bits per heavy atom. The molecule has 0 fully saturated rings. The van der Waals surface area contributed by atoms with E-state index in [2.05, 4.69) is 25.5 Å². The van der Waals surface area contributed by atoms with Crippen LogP contribution in [0.3, 0.4) is 0 Å². The molecule has 31 heavy (non-hydrogen) atoms. The van der Waals surface area contributed by atoms with Crippen molar-refractivity contribution in [3.63, 3.8) is 0 Å². The Labute approximate surface area is 177 Å². The van der Waals surface area contributed by atoms with E-state index in [4.69, 9.17) is 0 Å². The number of hydrogen-bond acceptors (Lipinski definition) is 4. The van der Waals surface area contributed by atoms with Crippen molar-refractivity contribution in [2.24, 2.45) is 0 Å². The van der Waals surface area contributed by atoms with Gasteiger partial charge in [-0.15, -0.1) is 0 Å². The van der Waals surface area contributed by atoms with E-state index in [1.54, 1.807) is 35.3 Å². The van der Waals surface area contributed by atoms with Crippen molar-refractivity contribution in [3.05, 3.63) is 83.4 Å². The van der Waals surface area contributed by atoms with Crippen LogP contribution in [0.2, 0.25) is 0 Å². The van der Waals surface area contributed by atoms with E-state index in [-0.39, 0.29) is 19.2 Å². The highest BCUT2D eigenvalue weighted by molar-refractivity contribution is 5.73. The van der Waals surface area contributed by atoms with Crippen molar-refractivity contribution >= 4 is 6.03 Å². The minimum absolute atomic E-state index is 0.123. The number of carbonyl (C=O) groups excluding carboxylic acids is 1. The zero-order chi connectivity index (χ0) is 22.1. The van der Waals surface area contributed by atoms with Crippen LogP contribution in [0.15, 0.2) is 61.2 Å². The largest absolute Gasteiger partial charge is 0.411 e. The number of rotatable bonds is 9. The lowest BCUT2D eigenvalue weighted by atomic mass is 10.1. The summed E-state index contributed by atoms with van der Waals surface area (Å²) in [6.45, 7) is -0.207. The lowest BCUT2D eigenvalue weighted by Gasteiger charge is -2.12. The normalized spacial score (nSPS) is 11.3. The molecule has 0 saturated carbocycles. The van der Waals surface area contributed by atoms with E-state index in [1.807, 2.05) is 24.3 Å². The van der Waals surface area contributed by atoms with Gasteiger partial charge in [0, 0.05) is 13.1 Å². The number of benzene rings is 2. The van der Waals surface area contributed by atoms with Gasteiger partial charge in [-0.3, -0.25) is 0 Å². The number of halogens is 3. The molecule has 164 valence electrons. The van der Waals surface area contributed by atoms with Gasteiger partial charge in [0.25, 0.3) is 0 Å². The van der Waals surface area contributed by atoms with Gasteiger partial charge in [0.2, 0.25) is 0 Å². The summed E-state index contributed by atoms with van der Waals surface area (Å²) in [6.07, 6.45) is -1.24. The van der Waals surface area contributed by atoms with Crippen LogP contribution in [0, 0.1) is 0 Å². The third-order valence-electron chi connectivity index (χ3n) is 4.37. The van der Waals surface area contributed by atoms with Crippen LogP contribution in [-0.2, 0) is 31.0 Å². The molecule has 0 radical (unpaired) electrons. The number of aromatic nitrogens is 3. The van der Waals surface area contributed by atoms with Crippen LogP contribution in [0.5, 0.6) is 0 Å². The lowest BCUT2D eigenvalue weighted by Crippen LogP contribution is -2.34. The molecule has 1 aromatic heterocycles. The highest BCUT2D eigenvalue weighted by Gasteiger charge is 2.27. The maximum absolute atomic E-state index is 12.1. The third-order valence-corrected chi connectivity index (χ3v) is 4.37. The molecular formula is C21H22F3N5O2. The second kappa shape index (κ2) is 10.6. The Morgan fingerprint density at radius 2 is 1.65 bits per heavy atom. The predicted octanol–water partition coefficient (Wildman–Crippen LogP) is 3.40. The van der Waals surface area contributed by atoms with Gasteiger partial charge in [-0.05, 0) is 22.3 Å². The Morgan fingerprint density at radius 3 is 2.32 bits per heavy atom. The quantitative estimate of drug-likeness (QED) is 0.542. The lowest BCUT2D eigenvalue weighted by molar-refractivity contribution is -0.176. The molecule has 2 N–H and O–H groups in total. The summed E-state index contributed by atoms with van der Waals surface area (Å²) >= 11 is 0. The molecule has 0 bridgehead atoms. The standard InChI is InChI=1S/C21H22F3N5O2/c22-21(23,24)13-31-12-17-7-5-16(6-8-17)9-26-20(30)27-10-18-3-1-2-4-19(18)11-29-15-25-14-28-29/h1-8,14-15H,9-13H2,(H2,26,27,30). The van der Waals surface area contributed by atoms with Gasteiger partial charge >= 0.3 is 12.2 Å². The maximum atomic E-state index is 12.1. The minimum atomic E-state index is -4.34. The Kier molecular flexibility index (Phi) is 7.60. The van der Waals surface area contributed by atoms with Crippen molar-refractivity contribution in [1.82, 2.24) is 25.4 Å². The maximum Gasteiger partial charge on any atom is 0.411 e. The Bertz CT molecular complexity index is 960. The second-order valence-electron chi connectivity index (χ2n) is 6.82. The summed E-state index contributed by atoms with van der Waals surface area (Å²) in [7, 11) is 0. The van der Waals surface area contributed by atoms with Crippen LogP contribution in [-0.4, -0.2) is 33.6 Å². The molecule has 0 spiro atoms. The third kappa shape index (κ3) is 7.74. The summed E-state index contributed by atoms with van der Waals surface area (Å²) < 4.78 is 42.6. The Hall–Kier alpha value is -3.40. The van der Waals surface area contributed by atoms with Crippen LogP contribution in [0.4, 0.5) is 18.0 Å². The first-order valence-corrected chi connectivity index (χ1v) is 9.52. The van der Waals surface area contributed by atoms with E-state index < -0.39 is 12.8 Å². The SMILES string of the molecule is O=C(NCc1ccc(COCC(F)(F)F)cc1)NCc1ccccc1Cn1cncn1. The van der Waals surface area contributed by atoms with Gasteiger partial charge in [0.15, 0.2) is 0 Å². The molecule has 0 aliphatic carbocycles. The van der Waals surface area contributed by atoms with Crippen molar-refractivity contribution in [1.29, 1.82) is 0 Å². The van der Waals surface area contributed by atoms with Crippen LogP contribution in [0.25, 0.3) is 0 Å². The van der Waals surface area contributed by atoms with Crippen molar-refractivity contribution in [2.75, 3.05) is 6.61 Å². The molecule has 3 rings (SSSR count). The highest BCUT2D eigenvalue weighted by Crippen LogP contribution is 2.16. The zero-order valence-electron chi connectivity index (χ0n) is 16.6. The monoisotopic (exact) mass is 433 g/mol. The van der Waals surface area contributed by atoms with E-state index in [1.165, 1.54) is 6.33 Å². The molecule has 1 heterocycles. The molecule has 0 aliphatic heterocycles. The molecule has 10 heteroatoms. The molecule has 3 aromatic rings. The summed E-state index contributed by atoms with van der Waals surface area (Å²) in [5.74, 6) is 0. The number of urea groups is 1. The first kappa shape index (κ1) is 22.3. The Balaban J connectivity index is 1.43. The van der Waals surface area contributed by atoms with Gasteiger partial charge in [-0.2, -0.15) is 18.3 Å². The number of amides is 2. The fourth-order valence-corrected chi connectivity index (χ4v) is 2.83. The molecule has 0 unspecified atom stereocenters. The molecule has 2 amide bonds. The summed E-state index contributed by atoms with van der Waals surface area (Å²) in [6, 6.07) is 14.2.